The summed E-state index contributed by atoms with van der Waals surface area (Å²) in [7, 11) is 0. The number of hydrogen-bond acceptors (Lipinski definition) is 3. The van der Waals surface area contributed by atoms with Gasteiger partial charge in [-0.25, -0.2) is 4.98 Å². The highest BCUT2D eigenvalue weighted by Crippen LogP contribution is 2.28. The summed E-state index contributed by atoms with van der Waals surface area (Å²) in [5.74, 6) is -1.20. The average Bonchev–Trinajstić information content (AvgIpc) is 2.33. The molecule has 7 heteroatoms. The lowest BCUT2D eigenvalue weighted by Gasteiger charge is -2.10. The third kappa shape index (κ3) is 5.15. The standard InChI is InChI=1S/C12H15F3N2O2/c1-8(11(18)19)4-3-7-16-10-6-2-5-9(17-10)12(13,14)15/h2,5-6,8H,3-4,7H2,1H3,(H,16,17)(H,18,19). The molecule has 0 aromatic carbocycles. The van der Waals surface area contributed by atoms with Crippen LogP contribution in [0.4, 0.5) is 19.0 Å². The second-order valence-electron chi connectivity index (χ2n) is 4.21. The molecule has 0 aliphatic carbocycles. The van der Waals surface area contributed by atoms with Gasteiger partial charge in [0.05, 0.1) is 5.92 Å². The van der Waals surface area contributed by atoms with E-state index in [1.165, 1.54) is 12.1 Å². The normalized spacial score (nSPS) is 13.1. The molecule has 0 saturated carbocycles. The molecule has 1 heterocycles. The molecular weight excluding hydrogens is 261 g/mol. The van der Waals surface area contributed by atoms with Crippen molar-refractivity contribution in [3.8, 4) is 0 Å². The van der Waals surface area contributed by atoms with Crippen molar-refractivity contribution in [1.82, 2.24) is 4.98 Å². The Balaban J connectivity index is 2.44. The van der Waals surface area contributed by atoms with Gasteiger partial charge in [0.25, 0.3) is 0 Å². The number of alkyl halides is 3. The maximum atomic E-state index is 12.4. The van der Waals surface area contributed by atoms with Crippen LogP contribution in [-0.4, -0.2) is 22.6 Å². The molecule has 1 rings (SSSR count). The Morgan fingerprint density at radius 2 is 2.16 bits per heavy atom. The van der Waals surface area contributed by atoms with Crippen molar-refractivity contribution < 1.29 is 23.1 Å². The fourth-order valence-corrected chi connectivity index (χ4v) is 1.44. The van der Waals surface area contributed by atoms with Crippen LogP contribution in [0.5, 0.6) is 0 Å². The van der Waals surface area contributed by atoms with Gasteiger partial charge in [0.15, 0.2) is 0 Å². The third-order valence-electron chi connectivity index (χ3n) is 2.58. The first-order chi connectivity index (χ1) is 8.80. The van der Waals surface area contributed by atoms with Crippen LogP contribution in [0.3, 0.4) is 0 Å². The van der Waals surface area contributed by atoms with Crippen LogP contribution in [0, 0.1) is 5.92 Å². The van der Waals surface area contributed by atoms with Gasteiger partial charge in [0.2, 0.25) is 0 Å². The van der Waals surface area contributed by atoms with Crippen LogP contribution in [0.25, 0.3) is 0 Å². The van der Waals surface area contributed by atoms with Crippen molar-refractivity contribution in [2.45, 2.75) is 25.9 Å². The van der Waals surface area contributed by atoms with Gasteiger partial charge in [-0.1, -0.05) is 13.0 Å². The summed E-state index contributed by atoms with van der Waals surface area (Å²) in [6, 6.07) is 3.62. The molecule has 0 radical (unpaired) electrons. The lowest BCUT2D eigenvalue weighted by molar-refractivity contribution is -0.142. The first-order valence-corrected chi connectivity index (χ1v) is 5.81. The second kappa shape index (κ2) is 6.40. The lowest BCUT2D eigenvalue weighted by atomic mass is 10.1. The monoisotopic (exact) mass is 276 g/mol. The van der Waals surface area contributed by atoms with E-state index >= 15 is 0 Å². The first-order valence-electron chi connectivity index (χ1n) is 5.81. The van der Waals surface area contributed by atoms with Crippen LogP contribution in [0.1, 0.15) is 25.5 Å². The quantitative estimate of drug-likeness (QED) is 0.784. The van der Waals surface area contributed by atoms with E-state index in [1.807, 2.05) is 0 Å². The molecule has 0 fully saturated rings. The van der Waals surface area contributed by atoms with E-state index in [9.17, 15) is 18.0 Å². The molecule has 1 aromatic rings. The zero-order valence-electron chi connectivity index (χ0n) is 10.4. The van der Waals surface area contributed by atoms with E-state index in [0.29, 0.717) is 19.4 Å². The SMILES string of the molecule is CC(CCCNc1cccc(C(F)(F)F)n1)C(=O)O. The molecule has 1 atom stereocenters. The van der Waals surface area contributed by atoms with Crippen LogP contribution in [-0.2, 0) is 11.0 Å². The van der Waals surface area contributed by atoms with Gasteiger partial charge in [-0.3, -0.25) is 4.79 Å². The minimum absolute atomic E-state index is 0.137. The molecule has 1 unspecified atom stereocenters. The predicted molar refractivity (Wildman–Crippen MR) is 63.8 cm³/mol. The molecule has 0 aliphatic rings. The Hall–Kier alpha value is -1.79. The minimum Gasteiger partial charge on any atom is -0.481 e. The van der Waals surface area contributed by atoms with Crippen LogP contribution in [0.15, 0.2) is 18.2 Å². The van der Waals surface area contributed by atoms with Gasteiger partial charge in [0, 0.05) is 6.54 Å². The van der Waals surface area contributed by atoms with Crippen LogP contribution in [0.2, 0.25) is 0 Å². The topological polar surface area (TPSA) is 62.2 Å². The fourth-order valence-electron chi connectivity index (χ4n) is 1.44. The summed E-state index contributed by atoms with van der Waals surface area (Å²) >= 11 is 0. The van der Waals surface area contributed by atoms with E-state index in [-0.39, 0.29) is 5.82 Å². The van der Waals surface area contributed by atoms with E-state index in [2.05, 4.69) is 10.3 Å². The van der Waals surface area contributed by atoms with Crippen molar-refractivity contribution in [3.63, 3.8) is 0 Å². The first kappa shape index (κ1) is 15.3. The maximum absolute atomic E-state index is 12.4. The largest absolute Gasteiger partial charge is 0.481 e. The van der Waals surface area contributed by atoms with Crippen molar-refractivity contribution in [2.75, 3.05) is 11.9 Å². The molecule has 0 saturated heterocycles. The van der Waals surface area contributed by atoms with Crippen molar-refractivity contribution in [3.05, 3.63) is 23.9 Å². The van der Waals surface area contributed by atoms with Gasteiger partial charge in [-0.05, 0) is 25.0 Å². The number of hydrogen-bond donors (Lipinski definition) is 2. The molecule has 0 aliphatic heterocycles. The van der Waals surface area contributed by atoms with Gasteiger partial charge in [-0.15, -0.1) is 0 Å². The van der Waals surface area contributed by atoms with E-state index in [4.69, 9.17) is 5.11 Å². The Morgan fingerprint density at radius 3 is 2.74 bits per heavy atom. The third-order valence-corrected chi connectivity index (χ3v) is 2.58. The zero-order valence-corrected chi connectivity index (χ0v) is 10.4. The van der Waals surface area contributed by atoms with E-state index < -0.39 is 23.8 Å². The molecule has 0 bridgehead atoms. The number of carboxylic acids is 1. The summed E-state index contributed by atoms with van der Waals surface area (Å²) in [5.41, 5.74) is -0.948. The number of carbonyl (C=O) groups is 1. The van der Waals surface area contributed by atoms with Gasteiger partial charge >= 0.3 is 12.1 Å². The highest BCUT2D eigenvalue weighted by molar-refractivity contribution is 5.69. The summed E-state index contributed by atoms with van der Waals surface area (Å²) in [6.07, 6.45) is -3.46. The minimum atomic E-state index is -4.46. The number of pyridine rings is 1. The Bertz CT molecular complexity index is 435. The summed E-state index contributed by atoms with van der Waals surface area (Å²) in [6.45, 7) is 1.97. The van der Waals surface area contributed by atoms with Gasteiger partial charge < -0.3 is 10.4 Å². The van der Waals surface area contributed by atoms with Gasteiger partial charge in [0.1, 0.15) is 11.5 Å². The number of carboxylic acid groups (broad SMARTS) is 1. The van der Waals surface area contributed by atoms with Crippen molar-refractivity contribution in [1.29, 1.82) is 0 Å². The molecule has 4 nitrogen and oxygen atoms in total. The van der Waals surface area contributed by atoms with E-state index in [1.54, 1.807) is 6.92 Å². The van der Waals surface area contributed by atoms with E-state index in [0.717, 1.165) is 6.07 Å². The molecular formula is C12H15F3N2O2. The van der Waals surface area contributed by atoms with Gasteiger partial charge in [-0.2, -0.15) is 13.2 Å². The van der Waals surface area contributed by atoms with Crippen molar-refractivity contribution >= 4 is 11.8 Å². The second-order valence-corrected chi connectivity index (χ2v) is 4.21. The average molecular weight is 276 g/mol. The Kier molecular flexibility index (Phi) is 5.14. The lowest BCUT2D eigenvalue weighted by Crippen LogP contribution is -2.13. The summed E-state index contributed by atoms with van der Waals surface area (Å²) in [4.78, 5) is 14.0. The van der Waals surface area contributed by atoms with Crippen LogP contribution < -0.4 is 5.32 Å². The maximum Gasteiger partial charge on any atom is 0.433 e. The number of aromatic nitrogens is 1. The number of halogens is 3. The number of anilines is 1. The Labute approximate surface area is 108 Å². The smallest absolute Gasteiger partial charge is 0.433 e. The highest BCUT2D eigenvalue weighted by atomic mass is 19.4. The number of nitrogens with one attached hydrogen (secondary N) is 1. The number of aliphatic carboxylic acids is 1. The molecule has 1 aromatic heterocycles. The summed E-state index contributed by atoms with van der Waals surface area (Å²) < 4.78 is 37.2. The Morgan fingerprint density at radius 1 is 1.47 bits per heavy atom. The number of rotatable bonds is 6. The summed E-state index contributed by atoms with van der Waals surface area (Å²) in [5, 5.41) is 11.4. The van der Waals surface area contributed by atoms with Crippen molar-refractivity contribution in [2.24, 2.45) is 5.92 Å². The molecule has 106 valence electrons. The van der Waals surface area contributed by atoms with Crippen LogP contribution >= 0.6 is 0 Å². The highest BCUT2D eigenvalue weighted by Gasteiger charge is 2.32. The zero-order chi connectivity index (χ0) is 14.5. The molecule has 0 amide bonds. The molecule has 2 N–H and O–H groups in total. The number of nitrogens with zero attached hydrogens (tertiary/aromatic N) is 1. The molecule has 0 spiro atoms. The fraction of sp³-hybridized carbons (Fsp3) is 0.500. The predicted octanol–water partition coefficient (Wildman–Crippen LogP) is 3.01. The molecule has 19 heavy (non-hydrogen) atoms.